The molecule has 5 nitrogen and oxygen atoms in total. The van der Waals surface area contributed by atoms with Crippen molar-refractivity contribution in [3.8, 4) is 5.75 Å². The van der Waals surface area contributed by atoms with E-state index in [1.165, 1.54) is 14.0 Å². The molecule has 0 bridgehead atoms. The summed E-state index contributed by atoms with van der Waals surface area (Å²) >= 11 is 0. The highest BCUT2D eigenvalue weighted by Gasteiger charge is 2.06. The molecule has 0 saturated carbocycles. The van der Waals surface area contributed by atoms with Crippen molar-refractivity contribution < 1.29 is 23.8 Å². The second kappa shape index (κ2) is 7.45. The molecule has 0 aliphatic heterocycles. The number of carbonyl (C=O) groups excluding carboxylic acids is 2. The molecule has 0 N–H and O–H groups in total. The van der Waals surface area contributed by atoms with Gasteiger partial charge in [-0.25, -0.2) is 0 Å². The van der Waals surface area contributed by atoms with E-state index < -0.39 is 0 Å². The van der Waals surface area contributed by atoms with Crippen LogP contribution in [0.15, 0.2) is 24.3 Å². The summed E-state index contributed by atoms with van der Waals surface area (Å²) in [5.74, 6) is 0.106. The van der Waals surface area contributed by atoms with Crippen LogP contribution in [0.2, 0.25) is 0 Å². The summed E-state index contributed by atoms with van der Waals surface area (Å²) in [5.41, 5.74) is 0.529. The molecular formula is C13H16O5. The molecule has 18 heavy (non-hydrogen) atoms. The molecule has 5 heteroatoms. The Morgan fingerprint density at radius 3 is 2.67 bits per heavy atom. The first-order chi connectivity index (χ1) is 8.63. The van der Waals surface area contributed by atoms with Crippen LogP contribution in [0, 0.1) is 0 Å². The maximum Gasteiger partial charge on any atom is 0.302 e. The Morgan fingerprint density at radius 2 is 2.00 bits per heavy atom. The lowest BCUT2D eigenvalue weighted by atomic mass is 10.1. The van der Waals surface area contributed by atoms with Crippen molar-refractivity contribution in [1.29, 1.82) is 0 Å². The first kappa shape index (κ1) is 14.2. The van der Waals surface area contributed by atoms with Gasteiger partial charge in [-0.3, -0.25) is 9.59 Å². The summed E-state index contributed by atoms with van der Waals surface area (Å²) in [4.78, 5) is 22.1. The van der Waals surface area contributed by atoms with Crippen LogP contribution in [0.4, 0.5) is 0 Å². The van der Waals surface area contributed by atoms with Gasteiger partial charge in [0.15, 0.2) is 5.78 Å². The smallest absolute Gasteiger partial charge is 0.302 e. The molecule has 0 amide bonds. The predicted octanol–water partition coefficient (Wildman–Crippen LogP) is 1.46. The Balaban J connectivity index is 2.49. The maximum absolute atomic E-state index is 11.6. The highest BCUT2D eigenvalue weighted by atomic mass is 16.6. The van der Waals surface area contributed by atoms with E-state index in [2.05, 4.69) is 0 Å². The topological polar surface area (TPSA) is 61.8 Å². The average molecular weight is 252 g/mol. The van der Waals surface area contributed by atoms with Crippen molar-refractivity contribution in [1.82, 2.24) is 0 Å². The molecule has 0 atom stereocenters. The van der Waals surface area contributed by atoms with Gasteiger partial charge in [0.25, 0.3) is 0 Å². The number of esters is 1. The first-order valence-electron chi connectivity index (χ1n) is 5.52. The maximum atomic E-state index is 11.6. The second-order valence-electron chi connectivity index (χ2n) is 3.57. The highest BCUT2D eigenvalue weighted by Crippen LogP contribution is 2.13. The fourth-order valence-corrected chi connectivity index (χ4v) is 1.32. The van der Waals surface area contributed by atoms with Crippen LogP contribution >= 0.6 is 0 Å². The van der Waals surface area contributed by atoms with E-state index in [4.69, 9.17) is 14.2 Å². The Kier molecular flexibility index (Phi) is 5.87. The van der Waals surface area contributed by atoms with Gasteiger partial charge in [-0.15, -0.1) is 0 Å². The van der Waals surface area contributed by atoms with Gasteiger partial charge in [0, 0.05) is 19.6 Å². The number of rotatable bonds is 7. The standard InChI is InChI=1S/C13H16O5/c1-10(14)17-6-7-18-12-5-3-4-11(8-12)13(15)9-16-2/h3-5,8H,6-7,9H2,1-2H3. The molecule has 0 aliphatic rings. The van der Waals surface area contributed by atoms with Crippen LogP contribution in [-0.2, 0) is 14.3 Å². The van der Waals surface area contributed by atoms with Gasteiger partial charge in [0.05, 0.1) is 0 Å². The zero-order chi connectivity index (χ0) is 13.4. The van der Waals surface area contributed by atoms with E-state index in [1.54, 1.807) is 24.3 Å². The summed E-state index contributed by atoms with van der Waals surface area (Å²) in [6, 6.07) is 6.79. The lowest BCUT2D eigenvalue weighted by Gasteiger charge is -2.07. The van der Waals surface area contributed by atoms with Gasteiger partial charge in [-0.05, 0) is 12.1 Å². The van der Waals surface area contributed by atoms with Crippen molar-refractivity contribution in [3.05, 3.63) is 29.8 Å². The van der Waals surface area contributed by atoms with E-state index in [0.29, 0.717) is 11.3 Å². The predicted molar refractivity (Wildman–Crippen MR) is 64.8 cm³/mol. The molecular weight excluding hydrogens is 236 g/mol. The third-order valence-electron chi connectivity index (χ3n) is 2.09. The first-order valence-corrected chi connectivity index (χ1v) is 5.52. The minimum atomic E-state index is -0.345. The lowest BCUT2D eigenvalue weighted by molar-refractivity contribution is -0.141. The molecule has 0 unspecified atom stereocenters. The van der Waals surface area contributed by atoms with E-state index in [-0.39, 0.29) is 31.6 Å². The molecule has 0 radical (unpaired) electrons. The van der Waals surface area contributed by atoms with Crippen molar-refractivity contribution in [2.45, 2.75) is 6.92 Å². The number of ether oxygens (including phenoxy) is 3. The zero-order valence-corrected chi connectivity index (χ0v) is 10.5. The van der Waals surface area contributed by atoms with Gasteiger partial charge in [-0.1, -0.05) is 12.1 Å². The Morgan fingerprint density at radius 1 is 1.22 bits per heavy atom. The van der Waals surface area contributed by atoms with E-state index in [9.17, 15) is 9.59 Å². The quantitative estimate of drug-likeness (QED) is 0.417. The second-order valence-corrected chi connectivity index (χ2v) is 3.57. The molecule has 0 heterocycles. The Bertz CT molecular complexity index is 414. The minimum Gasteiger partial charge on any atom is -0.490 e. The van der Waals surface area contributed by atoms with Gasteiger partial charge in [0.1, 0.15) is 25.6 Å². The molecule has 0 aliphatic carbocycles. The number of Topliss-reactive ketones (excluding diaryl/α,β-unsaturated/α-hetero) is 1. The van der Waals surface area contributed by atoms with Crippen molar-refractivity contribution in [2.75, 3.05) is 26.9 Å². The molecule has 0 fully saturated rings. The lowest BCUT2D eigenvalue weighted by Crippen LogP contribution is -2.10. The van der Waals surface area contributed by atoms with Crippen LogP contribution in [0.5, 0.6) is 5.75 Å². The largest absolute Gasteiger partial charge is 0.490 e. The van der Waals surface area contributed by atoms with E-state index in [0.717, 1.165) is 0 Å². The van der Waals surface area contributed by atoms with Gasteiger partial charge in [0.2, 0.25) is 0 Å². The number of hydrogen-bond acceptors (Lipinski definition) is 5. The minimum absolute atomic E-state index is 0.0386. The summed E-state index contributed by atoms with van der Waals surface area (Å²) in [5, 5.41) is 0. The molecule has 0 saturated heterocycles. The molecule has 1 rings (SSSR count). The summed E-state index contributed by atoms with van der Waals surface area (Å²) in [6.07, 6.45) is 0. The number of carbonyl (C=O) groups is 2. The van der Waals surface area contributed by atoms with Crippen molar-refractivity contribution in [3.63, 3.8) is 0 Å². The molecule has 1 aromatic rings. The fraction of sp³-hybridized carbons (Fsp3) is 0.385. The number of benzene rings is 1. The fourth-order valence-electron chi connectivity index (χ4n) is 1.32. The van der Waals surface area contributed by atoms with E-state index in [1.807, 2.05) is 0 Å². The molecule has 0 aromatic heterocycles. The summed E-state index contributed by atoms with van der Waals surface area (Å²) in [7, 11) is 1.47. The van der Waals surface area contributed by atoms with Crippen molar-refractivity contribution >= 4 is 11.8 Å². The average Bonchev–Trinajstić information content (AvgIpc) is 2.35. The van der Waals surface area contributed by atoms with E-state index >= 15 is 0 Å². The van der Waals surface area contributed by atoms with Gasteiger partial charge < -0.3 is 14.2 Å². The number of hydrogen-bond donors (Lipinski definition) is 0. The SMILES string of the molecule is COCC(=O)c1cccc(OCCOC(C)=O)c1. The van der Waals surface area contributed by atoms with Crippen LogP contribution in [0.1, 0.15) is 17.3 Å². The van der Waals surface area contributed by atoms with Crippen LogP contribution in [0.3, 0.4) is 0 Å². The Hall–Kier alpha value is -1.88. The van der Waals surface area contributed by atoms with Crippen LogP contribution in [0.25, 0.3) is 0 Å². The molecule has 0 spiro atoms. The third-order valence-corrected chi connectivity index (χ3v) is 2.09. The van der Waals surface area contributed by atoms with Crippen LogP contribution < -0.4 is 4.74 Å². The normalized spacial score (nSPS) is 9.89. The highest BCUT2D eigenvalue weighted by molar-refractivity contribution is 5.97. The van der Waals surface area contributed by atoms with Crippen LogP contribution in [-0.4, -0.2) is 38.7 Å². The van der Waals surface area contributed by atoms with Gasteiger partial charge >= 0.3 is 5.97 Å². The number of methoxy groups -OCH3 is 1. The summed E-state index contributed by atoms with van der Waals surface area (Å²) in [6.45, 7) is 1.81. The monoisotopic (exact) mass is 252 g/mol. The van der Waals surface area contributed by atoms with Gasteiger partial charge in [-0.2, -0.15) is 0 Å². The zero-order valence-electron chi connectivity index (χ0n) is 10.5. The Labute approximate surface area is 106 Å². The summed E-state index contributed by atoms with van der Waals surface area (Å²) < 4.78 is 14.9. The molecule has 1 aromatic carbocycles. The molecule has 98 valence electrons. The number of ketones is 1. The third kappa shape index (κ3) is 4.97. The van der Waals surface area contributed by atoms with Crippen molar-refractivity contribution in [2.24, 2.45) is 0 Å².